The van der Waals surface area contributed by atoms with Gasteiger partial charge in [-0.25, -0.2) is 0 Å². The van der Waals surface area contributed by atoms with Crippen LogP contribution in [-0.4, -0.2) is 6.54 Å². The van der Waals surface area contributed by atoms with Crippen LogP contribution in [0.15, 0.2) is 33.2 Å². The molecule has 0 radical (unpaired) electrons. The zero-order valence-corrected chi connectivity index (χ0v) is 14.6. The molecule has 21 heavy (non-hydrogen) atoms. The van der Waals surface area contributed by atoms with E-state index in [1.807, 2.05) is 31.2 Å². The molecule has 0 spiro atoms. The lowest BCUT2D eigenvalue weighted by Gasteiger charge is -2.06. The van der Waals surface area contributed by atoms with E-state index < -0.39 is 0 Å². The maximum Gasteiger partial charge on any atom is 0.146 e. The fourth-order valence-electron chi connectivity index (χ4n) is 1.98. The van der Waals surface area contributed by atoms with Crippen LogP contribution in [0.1, 0.15) is 30.4 Å². The van der Waals surface area contributed by atoms with Gasteiger partial charge in [0, 0.05) is 16.6 Å². The van der Waals surface area contributed by atoms with E-state index in [0.29, 0.717) is 17.4 Å². The van der Waals surface area contributed by atoms with E-state index in [4.69, 9.17) is 20.8 Å². The molecule has 0 bridgehead atoms. The number of halogens is 2. The van der Waals surface area contributed by atoms with E-state index in [9.17, 15) is 0 Å². The Balaban J connectivity index is 1.95. The zero-order chi connectivity index (χ0) is 15.2. The number of benzene rings is 1. The van der Waals surface area contributed by atoms with Crippen LogP contribution in [0.25, 0.3) is 0 Å². The van der Waals surface area contributed by atoms with E-state index in [0.717, 1.165) is 35.5 Å². The third-order valence-electron chi connectivity index (χ3n) is 3.08. The van der Waals surface area contributed by atoms with Gasteiger partial charge in [0.2, 0.25) is 0 Å². The lowest BCUT2D eigenvalue weighted by molar-refractivity contribution is 0.267. The minimum absolute atomic E-state index is 0.371. The number of rotatable bonds is 7. The largest absolute Gasteiger partial charge is 0.484 e. The van der Waals surface area contributed by atoms with Gasteiger partial charge in [-0.1, -0.05) is 34.5 Å². The summed E-state index contributed by atoms with van der Waals surface area (Å²) in [6.07, 6.45) is 1.12. The number of ether oxygens (including phenoxy) is 1. The summed E-state index contributed by atoms with van der Waals surface area (Å²) in [4.78, 5) is 0. The Kier molecular flexibility index (Phi) is 6.15. The molecule has 0 atom stereocenters. The van der Waals surface area contributed by atoms with Crippen LogP contribution in [0.2, 0.25) is 5.02 Å². The van der Waals surface area contributed by atoms with E-state index in [2.05, 4.69) is 28.2 Å². The second-order valence-electron chi connectivity index (χ2n) is 4.83. The molecule has 0 amide bonds. The molecule has 1 heterocycles. The first-order valence-electron chi connectivity index (χ1n) is 6.97. The van der Waals surface area contributed by atoms with Crippen molar-refractivity contribution in [3.8, 4) is 5.75 Å². The third-order valence-corrected chi connectivity index (χ3v) is 3.87. The van der Waals surface area contributed by atoms with Crippen LogP contribution in [0, 0.1) is 6.92 Å². The first kappa shape index (κ1) is 16.4. The molecule has 0 unspecified atom stereocenters. The Morgan fingerprint density at radius 1 is 1.33 bits per heavy atom. The molecule has 1 aromatic carbocycles. The molecule has 3 nitrogen and oxygen atoms in total. The highest BCUT2D eigenvalue weighted by atomic mass is 79.9. The summed E-state index contributed by atoms with van der Waals surface area (Å²) in [5.74, 6) is 2.39. The highest BCUT2D eigenvalue weighted by molar-refractivity contribution is 9.10. The predicted molar refractivity (Wildman–Crippen MR) is 88.9 cm³/mol. The van der Waals surface area contributed by atoms with Gasteiger partial charge >= 0.3 is 0 Å². The van der Waals surface area contributed by atoms with Crippen LogP contribution in [0.3, 0.4) is 0 Å². The van der Waals surface area contributed by atoms with Gasteiger partial charge in [-0.3, -0.25) is 0 Å². The van der Waals surface area contributed by atoms with Crippen LogP contribution in [0.4, 0.5) is 0 Å². The van der Waals surface area contributed by atoms with Gasteiger partial charge in [-0.05, 0) is 44.2 Å². The van der Waals surface area contributed by atoms with Gasteiger partial charge in [0.05, 0.1) is 5.02 Å². The van der Waals surface area contributed by atoms with Gasteiger partial charge in [0.15, 0.2) is 0 Å². The molecule has 0 fully saturated rings. The van der Waals surface area contributed by atoms with E-state index in [1.165, 1.54) is 5.56 Å². The van der Waals surface area contributed by atoms with Crippen LogP contribution in [-0.2, 0) is 13.2 Å². The second-order valence-corrected chi connectivity index (χ2v) is 6.16. The van der Waals surface area contributed by atoms with Crippen molar-refractivity contribution in [3.05, 3.63) is 50.8 Å². The molecule has 1 aromatic heterocycles. The van der Waals surface area contributed by atoms with Crippen LogP contribution < -0.4 is 10.1 Å². The fourth-order valence-corrected chi connectivity index (χ4v) is 2.70. The molecule has 1 N–H and O–H groups in total. The summed E-state index contributed by atoms with van der Waals surface area (Å²) >= 11 is 9.49. The number of furan rings is 1. The highest BCUT2D eigenvalue weighted by Crippen LogP contribution is 2.28. The maximum atomic E-state index is 6.12. The van der Waals surface area contributed by atoms with Gasteiger partial charge in [0.25, 0.3) is 0 Å². The summed E-state index contributed by atoms with van der Waals surface area (Å²) in [5.41, 5.74) is 1.17. The predicted octanol–water partition coefficient (Wildman–Crippen LogP) is 5.08. The quantitative estimate of drug-likeness (QED) is 0.688. The van der Waals surface area contributed by atoms with E-state index >= 15 is 0 Å². The van der Waals surface area contributed by atoms with Crippen molar-refractivity contribution in [2.24, 2.45) is 0 Å². The number of hydrogen-bond acceptors (Lipinski definition) is 3. The molecule has 114 valence electrons. The summed E-state index contributed by atoms with van der Waals surface area (Å²) < 4.78 is 12.3. The lowest BCUT2D eigenvalue weighted by atomic mass is 10.2. The minimum atomic E-state index is 0.371. The van der Waals surface area contributed by atoms with Crippen molar-refractivity contribution in [1.82, 2.24) is 5.32 Å². The Labute approximate surface area is 138 Å². The van der Waals surface area contributed by atoms with E-state index in [-0.39, 0.29) is 0 Å². The van der Waals surface area contributed by atoms with E-state index in [1.54, 1.807) is 0 Å². The SMILES string of the molecule is CCCNCc1cc(COc2ccc(Br)cc2Cl)oc1C. The average molecular weight is 373 g/mol. The molecule has 2 aromatic rings. The average Bonchev–Trinajstić information content (AvgIpc) is 2.79. The van der Waals surface area contributed by atoms with Gasteiger partial charge in [-0.15, -0.1) is 0 Å². The van der Waals surface area contributed by atoms with Crippen LogP contribution in [0.5, 0.6) is 5.75 Å². The first-order valence-corrected chi connectivity index (χ1v) is 8.14. The number of nitrogens with one attached hydrogen (secondary N) is 1. The Bertz CT molecular complexity index is 598. The monoisotopic (exact) mass is 371 g/mol. The molecule has 2 rings (SSSR count). The number of hydrogen-bond donors (Lipinski definition) is 1. The minimum Gasteiger partial charge on any atom is -0.484 e. The molecule has 0 saturated heterocycles. The summed E-state index contributed by atoms with van der Waals surface area (Å²) in [7, 11) is 0. The topological polar surface area (TPSA) is 34.4 Å². The first-order chi connectivity index (χ1) is 10.1. The highest BCUT2D eigenvalue weighted by Gasteiger charge is 2.09. The van der Waals surface area contributed by atoms with Crippen molar-refractivity contribution < 1.29 is 9.15 Å². The number of aryl methyl sites for hydroxylation is 1. The zero-order valence-electron chi connectivity index (χ0n) is 12.2. The Morgan fingerprint density at radius 2 is 2.14 bits per heavy atom. The van der Waals surface area contributed by atoms with Crippen molar-refractivity contribution >= 4 is 27.5 Å². The summed E-state index contributed by atoms with van der Waals surface area (Å²) in [5, 5.41) is 3.95. The molecule has 0 aliphatic carbocycles. The summed E-state index contributed by atoms with van der Waals surface area (Å²) in [6, 6.07) is 7.58. The Hall–Kier alpha value is -0.970. The normalized spacial score (nSPS) is 10.9. The molecule has 0 aliphatic rings. The van der Waals surface area contributed by atoms with Crippen molar-refractivity contribution in [2.45, 2.75) is 33.4 Å². The van der Waals surface area contributed by atoms with Crippen molar-refractivity contribution in [3.63, 3.8) is 0 Å². The summed E-state index contributed by atoms with van der Waals surface area (Å²) in [6.45, 7) is 6.32. The van der Waals surface area contributed by atoms with Gasteiger partial charge in [-0.2, -0.15) is 0 Å². The third kappa shape index (κ3) is 4.77. The smallest absolute Gasteiger partial charge is 0.146 e. The molecule has 5 heteroatoms. The second kappa shape index (κ2) is 7.87. The molecule has 0 aliphatic heterocycles. The van der Waals surface area contributed by atoms with Crippen LogP contribution >= 0.6 is 27.5 Å². The Morgan fingerprint density at radius 3 is 2.86 bits per heavy atom. The van der Waals surface area contributed by atoms with Crippen molar-refractivity contribution in [1.29, 1.82) is 0 Å². The molecular formula is C16H19BrClNO2. The van der Waals surface area contributed by atoms with Crippen molar-refractivity contribution in [2.75, 3.05) is 6.54 Å². The maximum absolute atomic E-state index is 6.12. The van der Waals surface area contributed by atoms with Gasteiger partial charge < -0.3 is 14.5 Å². The van der Waals surface area contributed by atoms with Gasteiger partial charge in [0.1, 0.15) is 23.9 Å². The molecule has 0 saturated carbocycles. The lowest BCUT2D eigenvalue weighted by Crippen LogP contribution is -2.13. The molecular weight excluding hydrogens is 354 g/mol. The standard InChI is InChI=1S/C16H19BrClNO2/c1-3-6-19-9-12-7-14(21-11(12)2)10-20-16-5-4-13(17)8-15(16)18/h4-5,7-8,19H,3,6,9-10H2,1-2H3. The fraction of sp³-hybridized carbons (Fsp3) is 0.375.